The lowest BCUT2D eigenvalue weighted by Crippen LogP contribution is -2.58. The van der Waals surface area contributed by atoms with Gasteiger partial charge in [-0.1, -0.05) is 20.3 Å². The summed E-state index contributed by atoms with van der Waals surface area (Å²) in [4.78, 5) is 60.6. The number of nitrogens with one attached hydrogen (secondary N) is 1. The molecule has 0 aliphatic heterocycles. The number of carboxylic acids is 2. The number of carbonyl (C=O) groups is 5. The summed E-state index contributed by atoms with van der Waals surface area (Å²) in [6, 6.07) is -3.66. The fourth-order valence-electron chi connectivity index (χ4n) is 2.67. The highest BCUT2D eigenvalue weighted by Gasteiger charge is 2.39. The maximum absolute atomic E-state index is 13.1. The predicted octanol–water partition coefficient (Wildman–Crippen LogP) is 0.291. The van der Waals surface area contributed by atoms with Gasteiger partial charge in [0.1, 0.15) is 12.1 Å². The van der Waals surface area contributed by atoms with E-state index >= 15 is 0 Å². The van der Waals surface area contributed by atoms with E-state index < -0.39 is 53.7 Å². The number of carbonyl (C=O) groups excluding carboxylic acids is 3. The second-order valence-corrected chi connectivity index (χ2v) is 7.76. The molecule has 0 aromatic heterocycles. The number of aliphatic carboxylic acids is 2. The monoisotopic (exact) mass is 433 g/mol. The van der Waals surface area contributed by atoms with Crippen LogP contribution in [0.5, 0.6) is 0 Å². The topological polar surface area (TPSA) is 167 Å². The molecule has 0 bridgehead atoms. The minimum Gasteiger partial charge on any atom is -0.481 e. The SMILES string of the molecule is CC[C@H](C)[C@@H](C(=O)O)N(C(C)=O)C(=O)[C@H](CCSC)NC(=O)[C@@H](N)CCC(=O)O. The standard InChI is InChI=1S/C18H31N3O7S/c1-5-10(2)15(18(27)28)21(11(3)22)17(26)13(8-9-29-4)20-16(25)12(19)6-7-14(23)24/h10,12-13,15H,5-9,19H2,1-4H3,(H,20,25)(H,23,24)(H,27,28)/t10-,12-,13-,15-/m0/s1. The molecule has 0 saturated heterocycles. The van der Waals surface area contributed by atoms with Gasteiger partial charge in [-0.3, -0.25) is 24.1 Å². The van der Waals surface area contributed by atoms with Crippen molar-refractivity contribution in [2.24, 2.45) is 11.7 Å². The maximum atomic E-state index is 13.1. The third-order valence-corrected chi connectivity index (χ3v) is 5.17. The van der Waals surface area contributed by atoms with E-state index in [9.17, 15) is 29.1 Å². The normalized spacial score (nSPS) is 14.9. The van der Waals surface area contributed by atoms with Gasteiger partial charge in [-0.25, -0.2) is 4.79 Å². The molecule has 0 aromatic rings. The Hall–Kier alpha value is -2.14. The first-order chi connectivity index (χ1) is 13.5. The largest absolute Gasteiger partial charge is 0.481 e. The molecule has 0 rings (SSSR count). The molecule has 0 spiro atoms. The summed E-state index contributed by atoms with van der Waals surface area (Å²) in [6.07, 6.45) is 1.95. The van der Waals surface area contributed by atoms with Crippen LogP contribution in [0.1, 0.15) is 46.5 Å². The van der Waals surface area contributed by atoms with Crippen molar-refractivity contribution in [2.75, 3.05) is 12.0 Å². The van der Waals surface area contributed by atoms with Crippen LogP contribution in [-0.2, 0) is 24.0 Å². The maximum Gasteiger partial charge on any atom is 0.327 e. The van der Waals surface area contributed by atoms with E-state index in [0.717, 1.165) is 6.92 Å². The van der Waals surface area contributed by atoms with Gasteiger partial charge < -0.3 is 21.3 Å². The Balaban J connectivity index is 5.65. The van der Waals surface area contributed by atoms with Crippen LogP contribution in [0.25, 0.3) is 0 Å². The summed E-state index contributed by atoms with van der Waals surface area (Å²) < 4.78 is 0. The van der Waals surface area contributed by atoms with Crippen molar-refractivity contribution < 1.29 is 34.2 Å². The van der Waals surface area contributed by atoms with Gasteiger partial charge in [0.2, 0.25) is 11.8 Å². The van der Waals surface area contributed by atoms with Gasteiger partial charge in [0.25, 0.3) is 5.91 Å². The Bertz CT molecular complexity index is 614. The molecule has 4 atom stereocenters. The van der Waals surface area contributed by atoms with Crippen molar-refractivity contribution >= 4 is 41.4 Å². The lowest BCUT2D eigenvalue weighted by molar-refractivity contribution is -0.160. The first-order valence-corrected chi connectivity index (χ1v) is 10.7. The number of thioether (sulfide) groups is 1. The van der Waals surface area contributed by atoms with Crippen molar-refractivity contribution in [1.29, 1.82) is 0 Å². The van der Waals surface area contributed by atoms with Gasteiger partial charge in [-0.2, -0.15) is 11.8 Å². The number of rotatable bonds is 13. The zero-order valence-corrected chi connectivity index (χ0v) is 18.0. The number of nitrogens with zero attached hydrogens (tertiary/aromatic N) is 1. The number of hydrogen-bond donors (Lipinski definition) is 4. The molecule has 166 valence electrons. The van der Waals surface area contributed by atoms with E-state index in [-0.39, 0.29) is 19.3 Å². The molecule has 29 heavy (non-hydrogen) atoms. The number of hydrogen-bond acceptors (Lipinski definition) is 7. The van der Waals surface area contributed by atoms with Crippen LogP contribution >= 0.6 is 11.8 Å². The van der Waals surface area contributed by atoms with Gasteiger partial charge in [0.15, 0.2) is 0 Å². The number of amides is 3. The van der Waals surface area contributed by atoms with Crippen LogP contribution in [0.4, 0.5) is 0 Å². The summed E-state index contributed by atoms with van der Waals surface area (Å²) in [7, 11) is 0. The van der Waals surface area contributed by atoms with Crippen molar-refractivity contribution in [3.63, 3.8) is 0 Å². The van der Waals surface area contributed by atoms with E-state index in [2.05, 4.69) is 5.32 Å². The van der Waals surface area contributed by atoms with E-state index in [0.29, 0.717) is 17.1 Å². The lowest BCUT2D eigenvalue weighted by atomic mass is 9.96. The summed E-state index contributed by atoms with van der Waals surface area (Å²) in [5.74, 6) is -4.73. The fraction of sp³-hybridized carbons (Fsp3) is 0.722. The molecule has 0 saturated carbocycles. The van der Waals surface area contributed by atoms with Crippen molar-refractivity contribution in [1.82, 2.24) is 10.2 Å². The predicted molar refractivity (Wildman–Crippen MR) is 108 cm³/mol. The molecular formula is C18H31N3O7S. The number of nitrogens with two attached hydrogens (primary N) is 1. The molecule has 0 aliphatic carbocycles. The lowest BCUT2D eigenvalue weighted by Gasteiger charge is -2.33. The molecule has 0 fully saturated rings. The van der Waals surface area contributed by atoms with Crippen molar-refractivity contribution in [2.45, 2.75) is 64.6 Å². The molecule has 3 amide bonds. The Morgan fingerprint density at radius 1 is 1.14 bits per heavy atom. The Labute approximate surface area is 174 Å². The van der Waals surface area contributed by atoms with Crippen molar-refractivity contribution in [3.05, 3.63) is 0 Å². The molecule has 11 heteroatoms. The molecule has 0 aliphatic rings. The smallest absolute Gasteiger partial charge is 0.327 e. The minimum absolute atomic E-state index is 0.119. The first-order valence-electron chi connectivity index (χ1n) is 9.30. The molecule has 0 radical (unpaired) electrons. The zero-order valence-electron chi connectivity index (χ0n) is 17.2. The van der Waals surface area contributed by atoms with Crippen LogP contribution < -0.4 is 11.1 Å². The highest BCUT2D eigenvalue weighted by molar-refractivity contribution is 7.98. The number of carboxylic acid groups (broad SMARTS) is 2. The highest BCUT2D eigenvalue weighted by atomic mass is 32.2. The third-order valence-electron chi connectivity index (χ3n) is 4.52. The second-order valence-electron chi connectivity index (χ2n) is 6.78. The van der Waals surface area contributed by atoms with Crippen LogP contribution in [0.15, 0.2) is 0 Å². The average Bonchev–Trinajstić information content (AvgIpc) is 2.65. The highest BCUT2D eigenvalue weighted by Crippen LogP contribution is 2.18. The Morgan fingerprint density at radius 3 is 2.14 bits per heavy atom. The first kappa shape index (κ1) is 26.9. The van der Waals surface area contributed by atoms with E-state index in [4.69, 9.17) is 10.8 Å². The quantitative estimate of drug-likeness (QED) is 0.319. The van der Waals surface area contributed by atoms with Crippen LogP contribution in [0.2, 0.25) is 0 Å². The minimum atomic E-state index is -1.36. The summed E-state index contributed by atoms with van der Waals surface area (Å²) in [5.41, 5.74) is 5.69. The van der Waals surface area contributed by atoms with Crippen molar-refractivity contribution in [3.8, 4) is 0 Å². The van der Waals surface area contributed by atoms with E-state index in [1.54, 1.807) is 20.1 Å². The third kappa shape index (κ3) is 8.82. The summed E-state index contributed by atoms with van der Waals surface area (Å²) >= 11 is 1.41. The van der Waals surface area contributed by atoms with E-state index in [1.165, 1.54) is 11.8 Å². The number of imide groups is 1. The molecular weight excluding hydrogens is 402 g/mol. The molecule has 5 N–H and O–H groups in total. The van der Waals surface area contributed by atoms with Crippen LogP contribution in [-0.4, -0.2) is 74.9 Å². The molecule has 0 heterocycles. The van der Waals surface area contributed by atoms with Gasteiger partial charge in [-0.05, 0) is 30.8 Å². The summed E-state index contributed by atoms with van der Waals surface area (Å²) in [5, 5.41) is 20.7. The molecule has 0 aromatic carbocycles. The Morgan fingerprint density at radius 2 is 1.72 bits per heavy atom. The average molecular weight is 434 g/mol. The summed E-state index contributed by atoms with van der Waals surface area (Å²) in [6.45, 7) is 4.47. The fourth-order valence-corrected chi connectivity index (χ4v) is 3.14. The van der Waals surface area contributed by atoms with Crippen LogP contribution in [0.3, 0.4) is 0 Å². The Kier molecular flexibility index (Phi) is 12.2. The van der Waals surface area contributed by atoms with Gasteiger partial charge in [-0.15, -0.1) is 0 Å². The van der Waals surface area contributed by atoms with Gasteiger partial charge >= 0.3 is 11.9 Å². The van der Waals surface area contributed by atoms with E-state index in [1.807, 2.05) is 0 Å². The van der Waals surface area contributed by atoms with Gasteiger partial charge in [0, 0.05) is 13.3 Å². The van der Waals surface area contributed by atoms with Crippen LogP contribution in [0, 0.1) is 5.92 Å². The van der Waals surface area contributed by atoms with Gasteiger partial charge in [0.05, 0.1) is 6.04 Å². The molecule has 10 nitrogen and oxygen atoms in total. The molecule has 0 unspecified atom stereocenters. The zero-order chi connectivity index (χ0) is 22.7. The second kappa shape index (κ2) is 13.2.